The molecular weight excluding hydrogens is 329 g/mol. The molecule has 2 rings (SSSR count). The van der Waals surface area contributed by atoms with Crippen molar-refractivity contribution >= 4 is 0 Å². The molecule has 1 aromatic rings. The summed E-state index contributed by atoms with van der Waals surface area (Å²) in [5.74, 6) is -0.990. The Bertz CT molecular complexity index is 533. The van der Waals surface area contributed by atoms with E-state index in [0.29, 0.717) is 31.3 Å². The SMILES string of the molecule is Fc1ccc(C(F)(F)F)c([C@H](CC(F)(F)F)N2CCNCC2)c1. The molecule has 1 heterocycles. The lowest BCUT2D eigenvalue weighted by atomic mass is 9.95. The van der Waals surface area contributed by atoms with E-state index in [9.17, 15) is 30.7 Å². The molecule has 23 heavy (non-hydrogen) atoms. The number of halogens is 7. The molecule has 1 N–H and O–H groups in total. The summed E-state index contributed by atoms with van der Waals surface area (Å²) in [6.45, 7) is 1.05. The van der Waals surface area contributed by atoms with Crippen molar-refractivity contribution in [2.75, 3.05) is 26.2 Å². The molecule has 0 bridgehead atoms. The molecular formula is C14H15F7N2. The third kappa shape index (κ3) is 4.81. The van der Waals surface area contributed by atoms with Gasteiger partial charge in [-0.2, -0.15) is 26.3 Å². The number of hydrogen-bond donors (Lipinski definition) is 1. The second kappa shape index (κ2) is 6.64. The summed E-state index contributed by atoms with van der Waals surface area (Å²) < 4.78 is 91.3. The summed E-state index contributed by atoms with van der Waals surface area (Å²) in [7, 11) is 0. The lowest BCUT2D eigenvalue weighted by Crippen LogP contribution is -2.46. The Kier molecular flexibility index (Phi) is 5.20. The summed E-state index contributed by atoms with van der Waals surface area (Å²) in [6.07, 6.45) is -11.0. The number of piperazine rings is 1. The third-order valence-electron chi connectivity index (χ3n) is 3.70. The summed E-state index contributed by atoms with van der Waals surface area (Å²) in [6, 6.07) is 0.0936. The standard InChI is InChI=1S/C14H15F7N2/c15-9-1-2-11(14(19,20)21)10(7-9)12(8-13(16,17)18)23-5-3-22-4-6-23/h1-2,7,12,22H,3-6,8H2/t12-/m0/s1. The van der Waals surface area contributed by atoms with Crippen LogP contribution in [0.1, 0.15) is 23.6 Å². The van der Waals surface area contributed by atoms with Crippen LogP contribution in [0.15, 0.2) is 18.2 Å². The summed E-state index contributed by atoms with van der Waals surface area (Å²) in [4.78, 5) is 1.31. The van der Waals surface area contributed by atoms with E-state index in [4.69, 9.17) is 0 Å². The van der Waals surface area contributed by atoms with E-state index in [2.05, 4.69) is 5.32 Å². The van der Waals surface area contributed by atoms with E-state index in [1.807, 2.05) is 0 Å². The monoisotopic (exact) mass is 344 g/mol. The fourth-order valence-electron chi connectivity index (χ4n) is 2.72. The Balaban J connectivity index is 2.47. The molecule has 0 spiro atoms. The van der Waals surface area contributed by atoms with Crippen LogP contribution in [0.3, 0.4) is 0 Å². The van der Waals surface area contributed by atoms with Gasteiger partial charge in [0.25, 0.3) is 0 Å². The molecule has 2 nitrogen and oxygen atoms in total. The maximum Gasteiger partial charge on any atom is 0.416 e. The fourth-order valence-corrected chi connectivity index (χ4v) is 2.72. The zero-order valence-corrected chi connectivity index (χ0v) is 11.9. The van der Waals surface area contributed by atoms with Crippen LogP contribution in [-0.2, 0) is 6.18 Å². The smallest absolute Gasteiger partial charge is 0.314 e. The number of benzene rings is 1. The molecule has 1 aromatic carbocycles. The highest BCUT2D eigenvalue weighted by Crippen LogP contribution is 2.41. The largest absolute Gasteiger partial charge is 0.416 e. The summed E-state index contributed by atoms with van der Waals surface area (Å²) >= 11 is 0. The van der Waals surface area contributed by atoms with E-state index in [1.54, 1.807) is 0 Å². The van der Waals surface area contributed by atoms with Crippen molar-refractivity contribution in [2.24, 2.45) is 0 Å². The van der Waals surface area contributed by atoms with Gasteiger partial charge in [-0.1, -0.05) is 0 Å². The van der Waals surface area contributed by atoms with Crippen LogP contribution in [0.5, 0.6) is 0 Å². The van der Waals surface area contributed by atoms with E-state index in [1.165, 1.54) is 4.90 Å². The molecule has 0 aromatic heterocycles. The van der Waals surface area contributed by atoms with Crippen molar-refractivity contribution in [3.05, 3.63) is 35.1 Å². The molecule has 1 atom stereocenters. The van der Waals surface area contributed by atoms with Crippen LogP contribution < -0.4 is 5.32 Å². The molecule has 130 valence electrons. The highest BCUT2D eigenvalue weighted by molar-refractivity contribution is 5.33. The van der Waals surface area contributed by atoms with Crippen LogP contribution in [0.2, 0.25) is 0 Å². The van der Waals surface area contributed by atoms with Crippen molar-refractivity contribution < 1.29 is 30.7 Å². The number of nitrogens with one attached hydrogen (secondary N) is 1. The minimum atomic E-state index is -4.85. The second-order valence-electron chi connectivity index (χ2n) is 5.35. The molecule has 1 aliphatic rings. The molecule has 0 unspecified atom stereocenters. The topological polar surface area (TPSA) is 15.3 Å². The predicted octanol–water partition coefficient (Wildman–Crippen LogP) is 3.74. The van der Waals surface area contributed by atoms with Crippen LogP contribution in [0, 0.1) is 5.82 Å². The van der Waals surface area contributed by atoms with Crippen molar-refractivity contribution in [1.82, 2.24) is 10.2 Å². The Labute approximate surface area is 128 Å². The second-order valence-corrected chi connectivity index (χ2v) is 5.35. The van der Waals surface area contributed by atoms with Gasteiger partial charge in [0.1, 0.15) is 5.82 Å². The first kappa shape index (κ1) is 18.0. The third-order valence-corrected chi connectivity index (χ3v) is 3.70. The summed E-state index contributed by atoms with van der Waals surface area (Å²) in [5, 5.41) is 2.92. The van der Waals surface area contributed by atoms with Gasteiger partial charge in [0.05, 0.1) is 12.0 Å². The molecule has 1 fully saturated rings. The van der Waals surface area contributed by atoms with Crippen molar-refractivity contribution in [1.29, 1.82) is 0 Å². The van der Waals surface area contributed by atoms with Crippen molar-refractivity contribution in [3.8, 4) is 0 Å². The normalized spacial score (nSPS) is 18.9. The number of nitrogens with zero attached hydrogens (tertiary/aromatic N) is 1. The molecule has 0 aliphatic carbocycles. The summed E-state index contributed by atoms with van der Waals surface area (Å²) in [5.41, 5.74) is -1.90. The first-order valence-electron chi connectivity index (χ1n) is 6.96. The van der Waals surface area contributed by atoms with Crippen LogP contribution in [0.4, 0.5) is 30.7 Å². The maximum atomic E-state index is 13.4. The van der Waals surface area contributed by atoms with Gasteiger partial charge in [0.2, 0.25) is 0 Å². The molecule has 9 heteroatoms. The van der Waals surface area contributed by atoms with Crippen LogP contribution >= 0.6 is 0 Å². The van der Waals surface area contributed by atoms with Gasteiger partial charge >= 0.3 is 12.4 Å². The first-order valence-corrected chi connectivity index (χ1v) is 6.96. The van der Waals surface area contributed by atoms with Crippen molar-refractivity contribution in [3.63, 3.8) is 0 Å². The predicted molar refractivity (Wildman–Crippen MR) is 69.3 cm³/mol. The Hall–Kier alpha value is -1.35. The zero-order valence-electron chi connectivity index (χ0n) is 11.9. The number of rotatable bonds is 3. The van der Waals surface area contributed by atoms with Gasteiger partial charge in [0.15, 0.2) is 0 Å². The molecule has 1 aliphatic heterocycles. The lowest BCUT2D eigenvalue weighted by Gasteiger charge is -2.36. The van der Waals surface area contributed by atoms with Gasteiger partial charge in [-0.3, -0.25) is 4.90 Å². The van der Waals surface area contributed by atoms with E-state index < -0.39 is 41.8 Å². The highest BCUT2D eigenvalue weighted by atomic mass is 19.4. The Morgan fingerprint density at radius 1 is 1.04 bits per heavy atom. The van der Waals surface area contributed by atoms with Gasteiger partial charge in [-0.05, 0) is 23.8 Å². The highest BCUT2D eigenvalue weighted by Gasteiger charge is 2.41. The van der Waals surface area contributed by atoms with Crippen LogP contribution in [0.25, 0.3) is 0 Å². The minimum Gasteiger partial charge on any atom is -0.314 e. The fraction of sp³-hybridized carbons (Fsp3) is 0.571. The lowest BCUT2D eigenvalue weighted by molar-refractivity contribution is -0.153. The van der Waals surface area contributed by atoms with Gasteiger partial charge in [0, 0.05) is 32.2 Å². The molecule has 0 radical (unpaired) electrons. The number of hydrogen-bond acceptors (Lipinski definition) is 2. The molecule has 1 saturated heterocycles. The molecule has 0 amide bonds. The first-order chi connectivity index (χ1) is 10.6. The van der Waals surface area contributed by atoms with E-state index in [-0.39, 0.29) is 13.1 Å². The Morgan fingerprint density at radius 2 is 1.65 bits per heavy atom. The maximum absolute atomic E-state index is 13.4. The molecule has 0 saturated carbocycles. The minimum absolute atomic E-state index is 0.161. The average Bonchev–Trinajstić information content (AvgIpc) is 2.43. The van der Waals surface area contributed by atoms with E-state index >= 15 is 0 Å². The van der Waals surface area contributed by atoms with Gasteiger partial charge in [-0.15, -0.1) is 0 Å². The van der Waals surface area contributed by atoms with Gasteiger partial charge < -0.3 is 5.32 Å². The Morgan fingerprint density at radius 3 is 2.17 bits per heavy atom. The zero-order chi connectivity index (χ0) is 17.3. The van der Waals surface area contributed by atoms with Gasteiger partial charge in [-0.25, -0.2) is 4.39 Å². The number of alkyl halides is 6. The van der Waals surface area contributed by atoms with Crippen LogP contribution in [-0.4, -0.2) is 37.3 Å². The average molecular weight is 344 g/mol. The van der Waals surface area contributed by atoms with E-state index in [0.717, 1.165) is 0 Å². The quantitative estimate of drug-likeness (QED) is 0.841. The van der Waals surface area contributed by atoms with Crippen molar-refractivity contribution in [2.45, 2.75) is 24.8 Å².